The Balaban J connectivity index is 2.66. The van der Waals surface area contributed by atoms with Crippen LogP contribution in [0.25, 0.3) is 0 Å². The lowest BCUT2D eigenvalue weighted by molar-refractivity contribution is -0.112. The summed E-state index contributed by atoms with van der Waals surface area (Å²) in [7, 11) is 0. The van der Waals surface area contributed by atoms with E-state index in [0.29, 0.717) is 4.48 Å². The van der Waals surface area contributed by atoms with E-state index in [0.717, 1.165) is 5.69 Å². The molecule has 0 spiro atoms. The van der Waals surface area contributed by atoms with Gasteiger partial charge in [0.15, 0.2) is 0 Å². The van der Waals surface area contributed by atoms with Crippen LogP contribution in [0.1, 0.15) is 6.92 Å². The first-order chi connectivity index (χ1) is 6.24. The van der Waals surface area contributed by atoms with Gasteiger partial charge in [-0.3, -0.25) is 4.79 Å². The second-order valence-electron chi connectivity index (χ2n) is 2.46. The SMILES string of the molecule is C/C=C(/Br)C(=O)Nc1ccccc1. The van der Waals surface area contributed by atoms with Crippen molar-refractivity contribution in [2.45, 2.75) is 6.92 Å². The lowest BCUT2D eigenvalue weighted by atomic mass is 10.3. The molecule has 0 fully saturated rings. The van der Waals surface area contributed by atoms with Gasteiger partial charge in [-0.1, -0.05) is 24.3 Å². The molecule has 0 aliphatic rings. The van der Waals surface area contributed by atoms with E-state index >= 15 is 0 Å². The predicted octanol–water partition coefficient (Wildman–Crippen LogP) is 2.92. The highest BCUT2D eigenvalue weighted by Crippen LogP contribution is 2.10. The van der Waals surface area contributed by atoms with E-state index in [1.54, 1.807) is 13.0 Å². The predicted molar refractivity (Wildman–Crippen MR) is 57.8 cm³/mol. The molecule has 13 heavy (non-hydrogen) atoms. The van der Waals surface area contributed by atoms with Crippen molar-refractivity contribution in [2.75, 3.05) is 5.32 Å². The summed E-state index contributed by atoms with van der Waals surface area (Å²) in [6.07, 6.45) is 1.71. The molecule has 1 N–H and O–H groups in total. The Morgan fingerprint density at radius 3 is 2.54 bits per heavy atom. The smallest absolute Gasteiger partial charge is 0.262 e. The van der Waals surface area contributed by atoms with Crippen LogP contribution >= 0.6 is 15.9 Å². The average molecular weight is 240 g/mol. The molecular formula is C10H10BrNO. The molecule has 0 atom stereocenters. The number of rotatable bonds is 2. The standard InChI is InChI=1S/C10H10BrNO/c1-2-9(11)10(13)12-8-6-4-3-5-7-8/h2-7H,1H3,(H,12,13)/b9-2+. The molecule has 0 saturated carbocycles. The van der Waals surface area contributed by atoms with Gasteiger partial charge in [0, 0.05) is 5.69 Å². The van der Waals surface area contributed by atoms with Crippen LogP contribution < -0.4 is 5.32 Å². The van der Waals surface area contributed by atoms with Crippen LogP contribution in [0, 0.1) is 0 Å². The quantitative estimate of drug-likeness (QED) is 0.791. The summed E-state index contributed by atoms with van der Waals surface area (Å²) in [5.74, 6) is -0.131. The van der Waals surface area contributed by atoms with Crippen molar-refractivity contribution in [3.63, 3.8) is 0 Å². The molecule has 0 aromatic heterocycles. The van der Waals surface area contributed by atoms with E-state index in [4.69, 9.17) is 0 Å². The normalized spacial score (nSPS) is 11.1. The van der Waals surface area contributed by atoms with E-state index in [9.17, 15) is 4.79 Å². The zero-order valence-electron chi connectivity index (χ0n) is 7.25. The zero-order chi connectivity index (χ0) is 9.68. The highest BCUT2D eigenvalue weighted by atomic mass is 79.9. The Hall–Kier alpha value is -1.09. The summed E-state index contributed by atoms with van der Waals surface area (Å²) in [6, 6.07) is 9.33. The summed E-state index contributed by atoms with van der Waals surface area (Å²) < 4.78 is 0.538. The van der Waals surface area contributed by atoms with Crippen LogP contribution in [0.5, 0.6) is 0 Å². The second kappa shape index (κ2) is 4.82. The Morgan fingerprint density at radius 1 is 1.38 bits per heavy atom. The Bertz CT molecular complexity index is 319. The molecule has 68 valence electrons. The number of halogens is 1. The Morgan fingerprint density at radius 2 is 2.00 bits per heavy atom. The van der Waals surface area contributed by atoms with E-state index < -0.39 is 0 Å². The number of para-hydroxylation sites is 1. The van der Waals surface area contributed by atoms with Gasteiger partial charge in [-0.25, -0.2) is 0 Å². The monoisotopic (exact) mass is 239 g/mol. The van der Waals surface area contributed by atoms with Crippen LogP contribution in [-0.2, 0) is 4.79 Å². The fraction of sp³-hybridized carbons (Fsp3) is 0.100. The fourth-order valence-corrected chi connectivity index (χ4v) is 0.943. The lowest BCUT2D eigenvalue weighted by Crippen LogP contribution is -2.10. The first kappa shape index (κ1) is 9.99. The first-order valence-corrected chi connectivity index (χ1v) is 4.71. The molecule has 0 bridgehead atoms. The van der Waals surface area contributed by atoms with Crippen molar-refractivity contribution in [3.8, 4) is 0 Å². The summed E-state index contributed by atoms with van der Waals surface area (Å²) in [6.45, 7) is 1.80. The third-order valence-corrected chi connectivity index (χ3v) is 2.32. The van der Waals surface area contributed by atoms with Crippen LogP contribution in [0.2, 0.25) is 0 Å². The number of hydrogen-bond donors (Lipinski definition) is 1. The topological polar surface area (TPSA) is 29.1 Å². The van der Waals surface area contributed by atoms with Crippen molar-refractivity contribution in [2.24, 2.45) is 0 Å². The zero-order valence-corrected chi connectivity index (χ0v) is 8.84. The molecule has 1 aromatic rings. The Kier molecular flexibility index (Phi) is 3.71. The highest BCUT2D eigenvalue weighted by Gasteiger charge is 2.03. The molecule has 0 aliphatic heterocycles. The van der Waals surface area contributed by atoms with Crippen LogP contribution in [0.4, 0.5) is 5.69 Å². The maximum Gasteiger partial charge on any atom is 0.262 e. The molecule has 1 aromatic carbocycles. The van der Waals surface area contributed by atoms with Gasteiger partial charge in [-0.05, 0) is 35.0 Å². The minimum Gasteiger partial charge on any atom is -0.322 e. The van der Waals surface area contributed by atoms with Gasteiger partial charge in [0.05, 0.1) is 4.48 Å². The molecule has 0 aliphatic carbocycles. The molecular weight excluding hydrogens is 230 g/mol. The summed E-state index contributed by atoms with van der Waals surface area (Å²) in [5.41, 5.74) is 0.798. The van der Waals surface area contributed by atoms with Crippen molar-refractivity contribution in [1.82, 2.24) is 0 Å². The van der Waals surface area contributed by atoms with E-state index in [1.807, 2.05) is 30.3 Å². The number of amides is 1. The average Bonchev–Trinajstić information content (AvgIpc) is 2.18. The van der Waals surface area contributed by atoms with Gasteiger partial charge in [0.25, 0.3) is 5.91 Å². The number of carbonyl (C=O) groups is 1. The largest absolute Gasteiger partial charge is 0.322 e. The maximum absolute atomic E-state index is 11.3. The van der Waals surface area contributed by atoms with Crippen molar-refractivity contribution in [3.05, 3.63) is 40.9 Å². The molecule has 0 saturated heterocycles. The third-order valence-electron chi connectivity index (χ3n) is 1.50. The number of carbonyl (C=O) groups excluding carboxylic acids is 1. The molecule has 3 heteroatoms. The summed E-state index contributed by atoms with van der Waals surface area (Å²) >= 11 is 3.15. The summed E-state index contributed by atoms with van der Waals surface area (Å²) in [4.78, 5) is 11.3. The van der Waals surface area contributed by atoms with Gasteiger partial charge >= 0.3 is 0 Å². The van der Waals surface area contributed by atoms with Gasteiger partial charge in [0.1, 0.15) is 0 Å². The van der Waals surface area contributed by atoms with E-state index in [2.05, 4.69) is 21.2 Å². The number of benzene rings is 1. The number of allylic oxidation sites excluding steroid dienone is 1. The highest BCUT2D eigenvalue weighted by molar-refractivity contribution is 9.12. The number of anilines is 1. The van der Waals surface area contributed by atoms with Gasteiger partial charge in [0.2, 0.25) is 0 Å². The third kappa shape index (κ3) is 3.03. The lowest BCUT2D eigenvalue weighted by Gasteiger charge is -2.02. The molecule has 0 heterocycles. The van der Waals surface area contributed by atoms with Crippen molar-refractivity contribution in [1.29, 1.82) is 0 Å². The molecule has 0 unspecified atom stereocenters. The molecule has 1 amide bonds. The van der Waals surface area contributed by atoms with Crippen molar-refractivity contribution >= 4 is 27.5 Å². The first-order valence-electron chi connectivity index (χ1n) is 3.92. The fourth-order valence-electron chi connectivity index (χ4n) is 0.843. The molecule has 0 radical (unpaired) electrons. The van der Waals surface area contributed by atoms with Gasteiger partial charge in [-0.15, -0.1) is 0 Å². The molecule has 2 nitrogen and oxygen atoms in total. The van der Waals surface area contributed by atoms with Crippen LogP contribution in [0.15, 0.2) is 40.9 Å². The molecule has 1 rings (SSSR count). The van der Waals surface area contributed by atoms with Gasteiger partial charge < -0.3 is 5.32 Å². The van der Waals surface area contributed by atoms with Crippen LogP contribution in [-0.4, -0.2) is 5.91 Å². The Labute approximate surface area is 85.8 Å². The summed E-state index contributed by atoms with van der Waals surface area (Å²) in [5, 5.41) is 2.74. The minimum absolute atomic E-state index is 0.131. The maximum atomic E-state index is 11.3. The van der Waals surface area contributed by atoms with Crippen LogP contribution in [0.3, 0.4) is 0 Å². The van der Waals surface area contributed by atoms with E-state index in [-0.39, 0.29) is 5.91 Å². The van der Waals surface area contributed by atoms with Crippen molar-refractivity contribution < 1.29 is 4.79 Å². The number of hydrogen-bond acceptors (Lipinski definition) is 1. The minimum atomic E-state index is -0.131. The van der Waals surface area contributed by atoms with Gasteiger partial charge in [-0.2, -0.15) is 0 Å². The second-order valence-corrected chi connectivity index (χ2v) is 3.31. The van der Waals surface area contributed by atoms with E-state index in [1.165, 1.54) is 0 Å². The number of nitrogens with one attached hydrogen (secondary N) is 1.